The van der Waals surface area contributed by atoms with E-state index in [0.29, 0.717) is 11.4 Å². The lowest BCUT2D eigenvalue weighted by Crippen LogP contribution is -2.36. The third-order valence-corrected chi connectivity index (χ3v) is 4.39. The van der Waals surface area contributed by atoms with E-state index in [1.165, 1.54) is 0 Å². The summed E-state index contributed by atoms with van der Waals surface area (Å²) >= 11 is 3.31. The molecule has 0 aliphatic carbocycles. The highest BCUT2D eigenvalue weighted by Gasteiger charge is 2.12. The van der Waals surface area contributed by atoms with Crippen LogP contribution in [0.3, 0.4) is 0 Å². The van der Waals surface area contributed by atoms with Gasteiger partial charge in [0.25, 0.3) is 5.91 Å². The number of esters is 1. The molecule has 2 aromatic carbocycles. The van der Waals surface area contributed by atoms with E-state index in [1.54, 1.807) is 18.2 Å². The van der Waals surface area contributed by atoms with Crippen LogP contribution in [0.25, 0.3) is 0 Å². The van der Waals surface area contributed by atoms with Crippen LogP contribution in [0.5, 0.6) is 5.75 Å². The number of carbonyl (C=O) groups is 3. The molecule has 7 nitrogen and oxygen atoms in total. The Kier molecular flexibility index (Phi) is 8.01. The lowest BCUT2D eigenvalue weighted by Gasteiger charge is -2.11. The third kappa shape index (κ3) is 6.70. The molecule has 28 heavy (non-hydrogen) atoms. The van der Waals surface area contributed by atoms with Crippen molar-refractivity contribution in [3.8, 4) is 5.75 Å². The molecular formula is C20H21BrN2O5. The first-order valence-corrected chi connectivity index (χ1v) is 9.32. The summed E-state index contributed by atoms with van der Waals surface area (Å²) in [6.45, 7) is 2.72. The Balaban J connectivity index is 1.68. The van der Waals surface area contributed by atoms with E-state index >= 15 is 0 Å². The molecule has 8 heteroatoms. The number of ether oxygens (including phenoxy) is 2. The summed E-state index contributed by atoms with van der Waals surface area (Å²) in [4.78, 5) is 35.3. The molecule has 0 heterocycles. The number of hydrogen-bond acceptors (Lipinski definition) is 5. The van der Waals surface area contributed by atoms with Crippen molar-refractivity contribution in [1.82, 2.24) is 5.32 Å². The lowest BCUT2D eigenvalue weighted by molar-refractivity contribution is -0.150. The van der Waals surface area contributed by atoms with Crippen LogP contribution in [0.2, 0.25) is 0 Å². The largest absolute Gasteiger partial charge is 0.481 e. The van der Waals surface area contributed by atoms with Crippen molar-refractivity contribution in [3.63, 3.8) is 0 Å². The van der Waals surface area contributed by atoms with Crippen LogP contribution >= 0.6 is 15.9 Å². The average molecular weight is 449 g/mol. The van der Waals surface area contributed by atoms with E-state index in [0.717, 1.165) is 15.6 Å². The van der Waals surface area contributed by atoms with Crippen LogP contribution in [0, 0.1) is 13.8 Å². The SMILES string of the molecule is Cc1cccc(C)c1OCC(=O)OCC(=O)NCC(=O)Nc1ccccc1Br. The number of nitrogens with one attached hydrogen (secondary N) is 2. The minimum absolute atomic E-state index is 0.239. The number of hydrogen-bond donors (Lipinski definition) is 2. The van der Waals surface area contributed by atoms with Crippen molar-refractivity contribution < 1.29 is 23.9 Å². The van der Waals surface area contributed by atoms with Crippen molar-refractivity contribution in [3.05, 3.63) is 58.1 Å². The normalized spacial score (nSPS) is 10.1. The van der Waals surface area contributed by atoms with Gasteiger partial charge < -0.3 is 20.1 Å². The summed E-state index contributed by atoms with van der Waals surface area (Å²) in [7, 11) is 0. The van der Waals surface area contributed by atoms with Crippen LogP contribution in [-0.4, -0.2) is 37.5 Å². The monoisotopic (exact) mass is 448 g/mol. The molecule has 0 saturated carbocycles. The summed E-state index contributed by atoms with van der Waals surface area (Å²) in [5.74, 6) is -1.03. The van der Waals surface area contributed by atoms with Gasteiger partial charge in [-0.15, -0.1) is 0 Å². The first-order chi connectivity index (χ1) is 13.4. The van der Waals surface area contributed by atoms with Gasteiger partial charge in [0.15, 0.2) is 13.2 Å². The second-order valence-corrected chi connectivity index (χ2v) is 6.83. The van der Waals surface area contributed by atoms with Crippen molar-refractivity contribution in [1.29, 1.82) is 0 Å². The molecule has 0 saturated heterocycles. The molecule has 0 radical (unpaired) electrons. The summed E-state index contributed by atoms with van der Waals surface area (Å²) in [5, 5.41) is 5.04. The number of benzene rings is 2. The predicted octanol–water partition coefficient (Wildman–Crippen LogP) is 2.74. The highest BCUT2D eigenvalue weighted by molar-refractivity contribution is 9.10. The summed E-state index contributed by atoms with van der Waals surface area (Å²) in [5.41, 5.74) is 2.40. The highest BCUT2D eigenvalue weighted by atomic mass is 79.9. The zero-order valence-electron chi connectivity index (χ0n) is 15.6. The Hall–Kier alpha value is -2.87. The fraction of sp³-hybridized carbons (Fsp3) is 0.250. The summed E-state index contributed by atoms with van der Waals surface area (Å²) in [6, 6.07) is 12.8. The molecule has 0 aromatic heterocycles. The van der Waals surface area contributed by atoms with Crippen LogP contribution in [0.4, 0.5) is 5.69 Å². The maximum atomic E-state index is 11.9. The first kappa shape index (κ1) is 21.4. The smallest absolute Gasteiger partial charge is 0.344 e. The van der Waals surface area contributed by atoms with Gasteiger partial charge in [-0.3, -0.25) is 9.59 Å². The van der Waals surface area contributed by atoms with Gasteiger partial charge in [-0.2, -0.15) is 0 Å². The van der Waals surface area contributed by atoms with Crippen molar-refractivity contribution >= 4 is 39.4 Å². The minimum Gasteiger partial charge on any atom is -0.481 e. The molecule has 0 fully saturated rings. The van der Waals surface area contributed by atoms with E-state index in [1.807, 2.05) is 38.1 Å². The van der Waals surface area contributed by atoms with Crippen LogP contribution in [-0.2, 0) is 19.1 Å². The highest BCUT2D eigenvalue weighted by Crippen LogP contribution is 2.22. The number of para-hydroxylation sites is 2. The number of carbonyl (C=O) groups excluding carboxylic acids is 3. The topological polar surface area (TPSA) is 93.7 Å². The molecule has 148 valence electrons. The minimum atomic E-state index is -0.671. The molecule has 0 aliphatic heterocycles. The quantitative estimate of drug-likeness (QED) is 0.605. The van der Waals surface area contributed by atoms with Crippen molar-refractivity contribution in [2.45, 2.75) is 13.8 Å². The van der Waals surface area contributed by atoms with Gasteiger partial charge in [-0.1, -0.05) is 30.3 Å². The first-order valence-electron chi connectivity index (χ1n) is 8.52. The molecule has 0 atom stereocenters. The van der Waals surface area contributed by atoms with Gasteiger partial charge in [0, 0.05) is 4.47 Å². The number of anilines is 1. The van der Waals surface area contributed by atoms with Crippen molar-refractivity contribution in [2.24, 2.45) is 0 Å². The third-order valence-electron chi connectivity index (χ3n) is 3.70. The van der Waals surface area contributed by atoms with Gasteiger partial charge in [0.05, 0.1) is 12.2 Å². The Morgan fingerprint density at radius 1 is 0.929 bits per heavy atom. The summed E-state index contributed by atoms with van der Waals surface area (Å²) < 4.78 is 11.1. The van der Waals surface area contributed by atoms with E-state index in [2.05, 4.69) is 26.6 Å². The molecule has 2 aromatic rings. The zero-order chi connectivity index (χ0) is 20.5. The van der Waals surface area contributed by atoms with Gasteiger partial charge >= 0.3 is 5.97 Å². The average Bonchev–Trinajstić information content (AvgIpc) is 2.66. The van der Waals surface area contributed by atoms with Crippen LogP contribution in [0.1, 0.15) is 11.1 Å². The number of aryl methyl sites for hydroxylation is 2. The Morgan fingerprint density at radius 2 is 1.61 bits per heavy atom. The predicted molar refractivity (Wildman–Crippen MR) is 108 cm³/mol. The maximum Gasteiger partial charge on any atom is 0.344 e. The maximum absolute atomic E-state index is 11.9. The molecule has 2 rings (SSSR count). The second kappa shape index (κ2) is 10.5. The molecule has 0 spiro atoms. The molecule has 0 unspecified atom stereocenters. The van der Waals surface area contributed by atoms with Crippen molar-refractivity contribution in [2.75, 3.05) is 25.1 Å². The van der Waals surface area contributed by atoms with Gasteiger partial charge in [0.1, 0.15) is 5.75 Å². The van der Waals surface area contributed by atoms with Gasteiger partial charge in [-0.25, -0.2) is 4.79 Å². The molecule has 0 bridgehead atoms. The summed E-state index contributed by atoms with van der Waals surface area (Å²) in [6.07, 6.45) is 0. The van der Waals surface area contributed by atoms with E-state index in [-0.39, 0.29) is 13.2 Å². The van der Waals surface area contributed by atoms with E-state index < -0.39 is 24.4 Å². The van der Waals surface area contributed by atoms with Crippen LogP contribution in [0.15, 0.2) is 46.9 Å². The number of rotatable bonds is 8. The molecular weight excluding hydrogens is 428 g/mol. The number of halogens is 1. The van der Waals surface area contributed by atoms with Gasteiger partial charge in [-0.05, 0) is 53.0 Å². The fourth-order valence-electron chi connectivity index (χ4n) is 2.33. The Labute approximate surface area is 171 Å². The molecule has 2 amide bonds. The molecule has 2 N–H and O–H groups in total. The Bertz CT molecular complexity index is 849. The fourth-order valence-corrected chi connectivity index (χ4v) is 2.72. The lowest BCUT2D eigenvalue weighted by atomic mass is 10.1. The van der Waals surface area contributed by atoms with Crippen LogP contribution < -0.4 is 15.4 Å². The van der Waals surface area contributed by atoms with E-state index in [4.69, 9.17) is 9.47 Å². The van der Waals surface area contributed by atoms with Gasteiger partial charge in [0.2, 0.25) is 5.91 Å². The number of amides is 2. The standard InChI is InChI=1S/C20H21BrN2O5/c1-13-6-5-7-14(2)20(13)28-12-19(26)27-11-18(25)22-10-17(24)23-16-9-4-3-8-15(16)21/h3-9H,10-12H2,1-2H3,(H,22,25)(H,23,24). The van der Waals surface area contributed by atoms with E-state index in [9.17, 15) is 14.4 Å². The second-order valence-electron chi connectivity index (χ2n) is 5.98. The zero-order valence-corrected chi connectivity index (χ0v) is 17.2. The molecule has 0 aliphatic rings. The Morgan fingerprint density at radius 3 is 2.29 bits per heavy atom.